The summed E-state index contributed by atoms with van der Waals surface area (Å²) in [5.41, 5.74) is 2.14. The highest BCUT2D eigenvalue weighted by atomic mass is 16.6. The van der Waals surface area contributed by atoms with E-state index in [2.05, 4.69) is 5.32 Å². The number of ether oxygens (including phenoxy) is 2. The molecule has 0 fully saturated rings. The summed E-state index contributed by atoms with van der Waals surface area (Å²) in [6, 6.07) is 0. The molecule has 5 nitrogen and oxygen atoms in total. The summed E-state index contributed by atoms with van der Waals surface area (Å²) in [5, 5.41) is 2.78. The second-order valence-corrected chi connectivity index (χ2v) is 7.52. The second-order valence-electron chi connectivity index (χ2n) is 7.52. The van der Waals surface area contributed by atoms with Gasteiger partial charge in [0.05, 0.1) is 11.3 Å². The van der Waals surface area contributed by atoms with Crippen molar-refractivity contribution in [2.24, 2.45) is 0 Å². The zero-order valence-electron chi connectivity index (χ0n) is 15.1. The van der Waals surface area contributed by atoms with Gasteiger partial charge in [-0.15, -0.1) is 0 Å². The molecule has 0 spiro atoms. The van der Waals surface area contributed by atoms with Crippen molar-refractivity contribution in [1.82, 2.24) is 0 Å². The molecule has 1 N–H and O–H groups in total. The minimum absolute atomic E-state index is 0.0691. The number of ketones is 1. The van der Waals surface area contributed by atoms with Gasteiger partial charge in [0.25, 0.3) is 0 Å². The molecule has 1 heterocycles. The third kappa shape index (κ3) is 3.05. The predicted molar refractivity (Wildman–Crippen MR) is 89.5 cm³/mol. The Hall–Kier alpha value is -2.04. The molecular weight excluding hydrogens is 294 g/mol. The fraction of sp³-hybridized carbons (Fsp3) is 0.556. The molecule has 0 aliphatic carbocycles. The molecule has 0 unspecified atom stereocenters. The molecule has 5 heteroatoms. The Kier molecular flexibility index (Phi) is 3.95. The van der Waals surface area contributed by atoms with Crippen LogP contribution in [0, 0.1) is 20.8 Å². The van der Waals surface area contributed by atoms with E-state index in [4.69, 9.17) is 9.47 Å². The monoisotopic (exact) mass is 319 g/mol. The number of benzene rings is 1. The molecule has 1 aliphatic heterocycles. The smallest absolute Gasteiger partial charge is 0.412 e. The van der Waals surface area contributed by atoms with E-state index < -0.39 is 17.3 Å². The number of Topliss-reactive ketones (excluding diaryl/α,β-unsaturated/α-hetero) is 1. The van der Waals surface area contributed by atoms with Gasteiger partial charge in [-0.2, -0.15) is 0 Å². The summed E-state index contributed by atoms with van der Waals surface area (Å²) in [5.74, 6) is 0.546. The highest BCUT2D eigenvalue weighted by molar-refractivity contribution is 6.10. The van der Waals surface area contributed by atoms with Gasteiger partial charge >= 0.3 is 6.09 Å². The summed E-state index contributed by atoms with van der Waals surface area (Å²) in [6.07, 6.45) is -0.534. The Morgan fingerprint density at radius 2 is 1.65 bits per heavy atom. The molecule has 1 aromatic rings. The Morgan fingerprint density at radius 3 is 2.17 bits per heavy atom. The molecule has 0 radical (unpaired) electrons. The van der Waals surface area contributed by atoms with Crippen LogP contribution in [-0.4, -0.2) is 23.1 Å². The van der Waals surface area contributed by atoms with Crippen LogP contribution in [0.3, 0.4) is 0 Å². The number of carbonyl (C=O) groups excluding carboxylic acids is 2. The molecule has 1 aliphatic rings. The van der Waals surface area contributed by atoms with Crippen molar-refractivity contribution in [3.8, 4) is 5.75 Å². The lowest BCUT2D eigenvalue weighted by Crippen LogP contribution is -2.32. The summed E-state index contributed by atoms with van der Waals surface area (Å²) >= 11 is 0. The number of hydrogen-bond donors (Lipinski definition) is 1. The van der Waals surface area contributed by atoms with Gasteiger partial charge in [0.2, 0.25) is 5.78 Å². The Morgan fingerprint density at radius 1 is 1.09 bits per heavy atom. The van der Waals surface area contributed by atoms with Crippen LogP contribution in [-0.2, 0) is 4.74 Å². The molecule has 0 atom stereocenters. The predicted octanol–water partition coefficient (Wildman–Crippen LogP) is 4.31. The van der Waals surface area contributed by atoms with Gasteiger partial charge < -0.3 is 9.47 Å². The lowest BCUT2D eigenvalue weighted by molar-refractivity contribution is 0.0635. The zero-order chi connectivity index (χ0) is 17.7. The molecule has 23 heavy (non-hydrogen) atoms. The Bertz CT molecular complexity index is 696. The quantitative estimate of drug-likeness (QED) is 0.837. The van der Waals surface area contributed by atoms with Crippen LogP contribution < -0.4 is 10.1 Å². The number of carbonyl (C=O) groups is 2. The number of fused-ring (bicyclic) bond motifs is 1. The topological polar surface area (TPSA) is 64.6 Å². The third-order valence-electron chi connectivity index (χ3n) is 4.01. The lowest BCUT2D eigenvalue weighted by Gasteiger charge is -2.22. The van der Waals surface area contributed by atoms with E-state index in [0.29, 0.717) is 22.6 Å². The van der Waals surface area contributed by atoms with Crippen molar-refractivity contribution in [2.75, 3.05) is 5.32 Å². The summed E-state index contributed by atoms with van der Waals surface area (Å²) in [7, 11) is 0. The fourth-order valence-corrected chi connectivity index (χ4v) is 2.72. The highest BCUT2D eigenvalue weighted by Crippen LogP contribution is 2.44. The van der Waals surface area contributed by atoms with Crippen molar-refractivity contribution >= 4 is 17.6 Å². The van der Waals surface area contributed by atoms with Crippen molar-refractivity contribution in [3.63, 3.8) is 0 Å². The van der Waals surface area contributed by atoms with Crippen molar-refractivity contribution < 1.29 is 19.1 Å². The molecular formula is C18H25NO4. The van der Waals surface area contributed by atoms with E-state index in [1.165, 1.54) is 0 Å². The largest absolute Gasteiger partial charge is 0.479 e. The fourth-order valence-electron chi connectivity index (χ4n) is 2.72. The first-order valence-electron chi connectivity index (χ1n) is 7.72. The zero-order valence-corrected chi connectivity index (χ0v) is 15.1. The van der Waals surface area contributed by atoms with Gasteiger partial charge in [0.15, 0.2) is 5.60 Å². The number of hydrogen-bond acceptors (Lipinski definition) is 4. The number of amides is 1. The third-order valence-corrected chi connectivity index (χ3v) is 4.01. The second kappa shape index (κ2) is 5.25. The van der Waals surface area contributed by atoms with E-state index in [9.17, 15) is 9.59 Å². The first-order valence-corrected chi connectivity index (χ1v) is 7.72. The summed E-state index contributed by atoms with van der Waals surface area (Å²) < 4.78 is 11.2. The lowest BCUT2D eigenvalue weighted by atomic mass is 9.91. The minimum Gasteiger partial charge on any atom is -0.479 e. The average molecular weight is 319 g/mol. The number of anilines is 1. The molecule has 0 aromatic heterocycles. The van der Waals surface area contributed by atoms with Crippen molar-refractivity contribution in [3.05, 3.63) is 22.3 Å². The molecule has 1 amide bonds. The van der Waals surface area contributed by atoms with Gasteiger partial charge in [-0.25, -0.2) is 4.79 Å². The Balaban J connectivity index is 2.49. The van der Waals surface area contributed by atoms with Crippen LogP contribution in [0.4, 0.5) is 10.5 Å². The highest BCUT2D eigenvalue weighted by Gasteiger charge is 2.43. The normalized spacial score (nSPS) is 15.9. The summed E-state index contributed by atoms with van der Waals surface area (Å²) in [6.45, 7) is 14.5. The van der Waals surface area contributed by atoms with Crippen LogP contribution in [0.5, 0.6) is 5.75 Å². The van der Waals surface area contributed by atoms with Gasteiger partial charge in [-0.3, -0.25) is 10.1 Å². The standard InChI is InChI=1S/C18H25NO4/c1-9-10(2)14-12(15(20)18(7,8)22-14)11(3)13(9)19-16(21)23-17(4,5)6/h1-8H3,(H,19,21). The van der Waals surface area contributed by atoms with E-state index in [-0.39, 0.29) is 5.78 Å². The molecule has 126 valence electrons. The number of nitrogens with one attached hydrogen (secondary N) is 1. The van der Waals surface area contributed by atoms with E-state index >= 15 is 0 Å². The van der Waals surface area contributed by atoms with Crippen LogP contribution in [0.25, 0.3) is 0 Å². The number of rotatable bonds is 1. The van der Waals surface area contributed by atoms with Crippen LogP contribution in [0.15, 0.2) is 0 Å². The van der Waals surface area contributed by atoms with E-state index in [0.717, 1.165) is 11.1 Å². The van der Waals surface area contributed by atoms with E-state index in [1.807, 2.05) is 20.8 Å². The molecule has 0 saturated heterocycles. The van der Waals surface area contributed by atoms with Crippen LogP contribution >= 0.6 is 0 Å². The Labute approximate surface area is 137 Å². The maximum atomic E-state index is 12.6. The van der Waals surface area contributed by atoms with Crippen LogP contribution in [0.2, 0.25) is 0 Å². The maximum Gasteiger partial charge on any atom is 0.412 e. The van der Waals surface area contributed by atoms with Gasteiger partial charge in [-0.1, -0.05) is 0 Å². The molecule has 1 aromatic carbocycles. The SMILES string of the molecule is Cc1c(C)c2c(c(C)c1NC(=O)OC(C)(C)C)C(=O)C(C)(C)O2. The van der Waals surface area contributed by atoms with Gasteiger partial charge in [0, 0.05) is 0 Å². The first-order chi connectivity index (χ1) is 10.3. The molecule has 2 rings (SSSR count). The minimum atomic E-state index is -0.880. The average Bonchev–Trinajstić information content (AvgIpc) is 2.62. The van der Waals surface area contributed by atoms with Gasteiger partial charge in [-0.05, 0) is 72.1 Å². The summed E-state index contributed by atoms with van der Waals surface area (Å²) in [4.78, 5) is 24.7. The van der Waals surface area contributed by atoms with Crippen molar-refractivity contribution in [2.45, 2.75) is 66.6 Å². The first kappa shape index (κ1) is 17.3. The van der Waals surface area contributed by atoms with E-state index in [1.54, 1.807) is 34.6 Å². The van der Waals surface area contributed by atoms with Crippen molar-refractivity contribution in [1.29, 1.82) is 0 Å². The van der Waals surface area contributed by atoms with Crippen LogP contribution in [0.1, 0.15) is 61.7 Å². The maximum absolute atomic E-state index is 12.6. The molecule has 0 bridgehead atoms. The molecule has 0 saturated carbocycles. The van der Waals surface area contributed by atoms with Gasteiger partial charge in [0.1, 0.15) is 11.4 Å².